The first-order valence-electron chi connectivity index (χ1n) is 10.3. The van der Waals surface area contributed by atoms with Crippen LogP contribution in [0.15, 0.2) is 54.6 Å². The van der Waals surface area contributed by atoms with Crippen molar-refractivity contribution in [3.8, 4) is 5.75 Å². The largest absolute Gasteiger partial charge is 0.573 e. The van der Waals surface area contributed by atoms with Crippen molar-refractivity contribution in [3.63, 3.8) is 0 Å². The Morgan fingerprint density at radius 2 is 1.78 bits per heavy atom. The zero-order chi connectivity index (χ0) is 23.2. The van der Waals surface area contributed by atoms with Gasteiger partial charge in [-0.1, -0.05) is 30.3 Å². The molecule has 0 unspecified atom stereocenters. The summed E-state index contributed by atoms with van der Waals surface area (Å²) in [4.78, 5) is 12.6. The van der Waals surface area contributed by atoms with E-state index in [0.29, 0.717) is 37.9 Å². The Balaban J connectivity index is 1.52. The highest BCUT2D eigenvalue weighted by molar-refractivity contribution is 7.89. The fourth-order valence-corrected chi connectivity index (χ4v) is 5.21. The number of halogens is 3. The van der Waals surface area contributed by atoms with Crippen molar-refractivity contribution in [2.45, 2.75) is 32.0 Å². The normalized spacial score (nSPS) is 17.7. The van der Waals surface area contributed by atoms with Crippen molar-refractivity contribution < 1.29 is 31.1 Å². The molecule has 0 spiro atoms. The van der Waals surface area contributed by atoms with Crippen LogP contribution in [0.2, 0.25) is 0 Å². The van der Waals surface area contributed by atoms with Crippen LogP contribution < -0.4 is 10.1 Å². The van der Waals surface area contributed by atoms with Crippen molar-refractivity contribution in [2.75, 3.05) is 24.2 Å². The van der Waals surface area contributed by atoms with E-state index in [1.165, 1.54) is 16.4 Å². The van der Waals surface area contributed by atoms with Crippen LogP contribution in [0.3, 0.4) is 0 Å². The maximum Gasteiger partial charge on any atom is 0.573 e. The Morgan fingerprint density at radius 3 is 2.44 bits per heavy atom. The highest BCUT2D eigenvalue weighted by Crippen LogP contribution is 2.25. The van der Waals surface area contributed by atoms with Crippen LogP contribution in [0, 0.1) is 5.92 Å². The molecule has 0 saturated carbocycles. The van der Waals surface area contributed by atoms with Crippen LogP contribution >= 0.6 is 0 Å². The third-order valence-corrected chi connectivity index (χ3v) is 7.14. The maximum atomic E-state index is 12.7. The Labute approximate surface area is 185 Å². The number of sulfonamides is 1. The van der Waals surface area contributed by atoms with Gasteiger partial charge in [-0.3, -0.25) is 4.79 Å². The van der Waals surface area contributed by atoms with E-state index >= 15 is 0 Å². The molecule has 32 heavy (non-hydrogen) atoms. The molecule has 1 N–H and O–H groups in total. The summed E-state index contributed by atoms with van der Waals surface area (Å²) < 4.78 is 67.4. The first kappa shape index (κ1) is 24.1. The molecule has 2 aromatic rings. The molecule has 1 heterocycles. The smallest absolute Gasteiger partial charge is 0.406 e. The minimum absolute atomic E-state index is 0.0108. The predicted molar refractivity (Wildman–Crippen MR) is 115 cm³/mol. The van der Waals surface area contributed by atoms with Gasteiger partial charge in [0.1, 0.15) is 5.75 Å². The average Bonchev–Trinajstić information content (AvgIpc) is 2.75. The van der Waals surface area contributed by atoms with Gasteiger partial charge in [-0.05, 0) is 55.5 Å². The molecule has 2 aromatic carbocycles. The fourth-order valence-electron chi connectivity index (χ4n) is 3.63. The number of carbonyl (C=O) groups excluding carboxylic acids is 1. The second kappa shape index (κ2) is 10.4. The molecular formula is C22H25F3N2O4S. The van der Waals surface area contributed by atoms with E-state index in [2.05, 4.69) is 10.1 Å². The number of aryl methyl sites for hydroxylation is 1. The number of piperidine rings is 1. The highest BCUT2D eigenvalue weighted by Gasteiger charge is 2.33. The van der Waals surface area contributed by atoms with E-state index in [9.17, 15) is 26.4 Å². The van der Waals surface area contributed by atoms with E-state index in [1.54, 1.807) is 0 Å². The summed E-state index contributed by atoms with van der Waals surface area (Å²) in [6.45, 7) is 0.468. The minimum Gasteiger partial charge on any atom is -0.406 e. The topological polar surface area (TPSA) is 75.7 Å². The molecule has 1 fully saturated rings. The average molecular weight is 471 g/mol. The van der Waals surface area contributed by atoms with Gasteiger partial charge in [0.15, 0.2) is 0 Å². The predicted octanol–water partition coefficient (Wildman–Crippen LogP) is 4.20. The second-order valence-electron chi connectivity index (χ2n) is 7.66. The number of ether oxygens (including phenoxy) is 1. The number of hydrogen-bond donors (Lipinski definition) is 1. The van der Waals surface area contributed by atoms with Gasteiger partial charge in [-0.15, -0.1) is 13.2 Å². The molecule has 0 radical (unpaired) electrons. The van der Waals surface area contributed by atoms with Gasteiger partial charge in [0.2, 0.25) is 15.9 Å². The standard InChI is InChI=1S/C22H25F3N2O4S/c23-22(24,25)31-20-12-10-19(11-13-20)26-21(28)18-9-4-14-27(16-18)32(29,30)15-5-8-17-6-2-1-3-7-17/h1-3,6-7,10-13,18H,4-5,8-9,14-16H2,(H,26,28)/t18-/m0/s1. The van der Waals surface area contributed by atoms with Gasteiger partial charge in [0.25, 0.3) is 0 Å². The number of benzene rings is 2. The molecule has 1 saturated heterocycles. The summed E-state index contributed by atoms with van der Waals surface area (Å²) in [5.74, 6) is -1.27. The quantitative estimate of drug-likeness (QED) is 0.628. The molecule has 0 aliphatic carbocycles. The minimum atomic E-state index is -4.79. The molecule has 0 aromatic heterocycles. The van der Waals surface area contributed by atoms with Gasteiger partial charge in [-0.2, -0.15) is 0 Å². The van der Waals surface area contributed by atoms with Crippen LogP contribution in [0.1, 0.15) is 24.8 Å². The summed E-state index contributed by atoms with van der Waals surface area (Å²) in [7, 11) is -3.49. The van der Waals surface area contributed by atoms with Crippen molar-refractivity contribution in [1.82, 2.24) is 4.31 Å². The maximum absolute atomic E-state index is 12.7. The first-order chi connectivity index (χ1) is 15.1. The van der Waals surface area contributed by atoms with Crippen LogP contribution in [-0.4, -0.2) is 43.8 Å². The molecule has 0 bridgehead atoms. The monoisotopic (exact) mass is 470 g/mol. The van der Waals surface area contributed by atoms with E-state index < -0.39 is 22.3 Å². The van der Waals surface area contributed by atoms with Crippen LogP contribution in [0.5, 0.6) is 5.75 Å². The Hall–Kier alpha value is -2.59. The molecule has 1 aliphatic heterocycles. The molecule has 174 valence electrons. The number of amides is 1. The Kier molecular flexibility index (Phi) is 7.78. The summed E-state index contributed by atoms with van der Waals surface area (Å²) in [5.41, 5.74) is 1.39. The molecule has 6 nitrogen and oxygen atoms in total. The Morgan fingerprint density at radius 1 is 1.09 bits per heavy atom. The van der Waals surface area contributed by atoms with E-state index in [-0.39, 0.29) is 24.0 Å². The number of carbonyl (C=O) groups is 1. The van der Waals surface area contributed by atoms with Gasteiger partial charge in [0.05, 0.1) is 11.7 Å². The molecule has 10 heteroatoms. The van der Waals surface area contributed by atoms with Gasteiger partial charge >= 0.3 is 6.36 Å². The third-order valence-electron chi connectivity index (χ3n) is 5.21. The molecule has 1 aliphatic rings. The molecule has 3 rings (SSSR count). The fraction of sp³-hybridized carbons (Fsp3) is 0.409. The number of alkyl halides is 3. The number of hydrogen-bond acceptors (Lipinski definition) is 4. The number of rotatable bonds is 8. The number of nitrogens with one attached hydrogen (secondary N) is 1. The van der Waals surface area contributed by atoms with E-state index in [1.807, 2.05) is 30.3 Å². The summed E-state index contributed by atoms with van der Waals surface area (Å²) >= 11 is 0. The lowest BCUT2D eigenvalue weighted by Crippen LogP contribution is -2.44. The lowest BCUT2D eigenvalue weighted by Gasteiger charge is -2.31. The Bertz CT molecular complexity index is 996. The van der Waals surface area contributed by atoms with Gasteiger partial charge in [-0.25, -0.2) is 12.7 Å². The van der Waals surface area contributed by atoms with Crippen LogP contribution in [0.4, 0.5) is 18.9 Å². The number of anilines is 1. The SMILES string of the molecule is O=C(Nc1ccc(OC(F)(F)F)cc1)[C@H]1CCCN(S(=O)(=O)CCCc2ccccc2)C1. The van der Waals surface area contributed by atoms with Gasteiger partial charge < -0.3 is 10.1 Å². The molecule has 1 atom stereocenters. The van der Waals surface area contributed by atoms with Crippen LogP contribution in [0.25, 0.3) is 0 Å². The molecular weight excluding hydrogens is 445 g/mol. The summed E-state index contributed by atoms with van der Waals surface area (Å²) in [6.07, 6.45) is -2.54. The number of nitrogens with zero attached hydrogens (tertiary/aromatic N) is 1. The lowest BCUT2D eigenvalue weighted by molar-refractivity contribution is -0.274. The highest BCUT2D eigenvalue weighted by atomic mass is 32.2. The van der Waals surface area contributed by atoms with E-state index in [0.717, 1.165) is 17.7 Å². The zero-order valence-electron chi connectivity index (χ0n) is 17.3. The van der Waals surface area contributed by atoms with Crippen molar-refractivity contribution in [3.05, 3.63) is 60.2 Å². The van der Waals surface area contributed by atoms with E-state index in [4.69, 9.17) is 0 Å². The van der Waals surface area contributed by atoms with Crippen molar-refractivity contribution in [1.29, 1.82) is 0 Å². The van der Waals surface area contributed by atoms with Crippen molar-refractivity contribution >= 4 is 21.6 Å². The van der Waals surface area contributed by atoms with Gasteiger partial charge in [0, 0.05) is 18.8 Å². The zero-order valence-corrected chi connectivity index (χ0v) is 18.2. The summed E-state index contributed by atoms with van der Waals surface area (Å²) in [5, 5.41) is 2.64. The van der Waals surface area contributed by atoms with Crippen molar-refractivity contribution in [2.24, 2.45) is 5.92 Å². The molecule has 1 amide bonds. The first-order valence-corrected chi connectivity index (χ1v) is 11.9. The third kappa shape index (κ3) is 7.23. The van der Waals surface area contributed by atoms with Crippen LogP contribution in [-0.2, 0) is 21.2 Å². The lowest BCUT2D eigenvalue weighted by atomic mass is 9.99. The summed E-state index contributed by atoms with van der Waals surface area (Å²) in [6, 6.07) is 14.5. The second-order valence-corrected chi connectivity index (χ2v) is 9.75.